The van der Waals surface area contributed by atoms with E-state index in [4.69, 9.17) is 10.2 Å². The molecule has 1 amide bonds. The van der Waals surface area contributed by atoms with E-state index in [0.29, 0.717) is 11.3 Å². The van der Waals surface area contributed by atoms with Gasteiger partial charge in [0.15, 0.2) is 0 Å². The Bertz CT molecular complexity index is 644. The third kappa shape index (κ3) is 2.85. The van der Waals surface area contributed by atoms with Crippen LogP contribution in [-0.2, 0) is 0 Å². The fourth-order valence-corrected chi connectivity index (χ4v) is 2.32. The summed E-state index contributed by atoms with van der Waals surface area (Å²) in [6, 6.07) is 7.18. The molecule has 1 atom stereocenters. The first kappa shape index (κ1) is 14.2. The van der Waals surface area contributed by atoms with E-state index in [0.717, 1.165) is 22.6 Å². The summed E-state index contributed by atoms with van der Waals surface area (Å²) >= 11 is 0. The van der Waals surface area contributed by atoms with E-state index >= 15 is 0 Å². The summed E-state index contributed by atoms with van der Waals surface area (Å²) in [6.07, 6.45) is 0. The SMILES string of the molecule is Cc1cc(C(C)NC(=O)c2cc(N)ccc2C)c(C)o1. The minimum Gasteiger partial charge on any atom is -0.466 e. The molecule has 0 fully saturated rings. The molecule has 1 aromatic carbocycles. The zero-order valence-electron chi connectivity index (χ0n) is 12.3. The molecule has 1 aromatic heterocycles. The minimum absolute atomic E-state index is 0.110. The predicted octanol–water partition coefficient (Wildman–Crippen LogP) is 3.28. The van der Waals surface area contributed by atoms with E-state index in [1.165, 1.54) is 0 Å². The maximum absolute atomic E-state index is 12.3. The normalized spacial score (nSPS) is 12.2. The molecule has 0 aliphatic heterocycles. The maximum Gasteiger partial charge on any atom is 0.252 e. The summed E-state index contributed by atoms with van der Waals surface area (Å²) in [7, 11) is 0. The number of hydrogen-bond donors (Lipinski definition) is 2. The van der Waals surface area contributed by atoms with Gasteiger partial charge in [0.25, 0.3) is 5.91 Å². The number of nitrogens with two attached hydrogens (primary N) is 1. The second-order valence-electron chi connectivity index (χ2n) is 5.14. The van der Waals surface area contributed by atoms with Crippen molar-refractivity contribution in [3.8, 4) is 0 Å². The van der Waals surface area contributed by atoms with E-state index in [9.17, 15) is 4.79 Å². The lowest BCUT2D eigenvalue weighted by molar-refractivity contribution is 0.0939. The van der Waals surface area contributed by atoms with E-state index in [1.54, 1.807) is 12.1 Å². The molecule has 0 aliphatic carbocycles. The van der Waals surface area contributed by atoms with Gasteiger partial charge < -0.3 is 15.5 Å². The van der Waals surface area contributed by atoms with Gasteiger partial charge in [-0.15, -0.1) is 0 Å². The van der Waals surface area contributed by atoms with Crippen molar-refractivity contribution < 1.29 is 9.21 Å². The lowest BCUT2D eigenvalue weighted by Gasteiger charge is -2.14. The van der Waals surface area contributed by atoms with Crippen LogP contribution in [0.2, 0.25) is 0 Å². The molecule has 4 heteroatoms. The second-order valence-corrected chi connectivity index (χ2v) is 5.14. The van der Waals surface area contributed by atoms with Crippen molar-refractivity contribution in [3.63, 3.8) is 0 Å². The zero-order chi connectivity index (χ0) is 14.9. The maximum atomic E-state index is 12.3. The molecular formula is C16H20N2O2. The number of hydrogen-bond acceptors (Lipinski definition) is 3. The summed E-state index contributed by atoms with van der Waals surface area (Å²) in [4.78, 5) is 12.3. The number of carbonyl (C=O) groups is 1. The first-order chi connectivity index (χ1) is 9.38. The number of benzene rings is 1. The first-order valence-electron chi connectivity index (χ1n) is 6.62. The van der Waals surface area contributed by atoms with E-state index < -0.39 is 0 Å². The van der Waals surface area contributed by atoms with Gasteiger partial charge >= 0.3 is 0 Å². The highest BCUT2D eigenvalue weighted by Crippen LogP contribution is 2.22. The van der Waals surface area contributed by atoms with Crippen LogP contribution in [0.25, 0.3) is 0 Å². The lowest BCUT2D eigenvalue weighted by atomic mass is 10.1. The van der Waals surface area contributed by atoms with Gasteiger partial charge in [-0.25, -0.2) is 0 Å². The van der Waals surface area contributed by atoms with Crippen LogP contribution in [0.5, 0.6) is 0 Å². The minimum atomic E-state index is -0.124. The summed E-state index contributed by atoms with van der Waals surface area (Å²) < 4.78 is 5.49. The lowest BCUT2D eigenvalue weighted by Crippen LogP contribution is -2.27. The Labute approximate surface area is 119 Å². The Kier molecular flexibility index (Phi) is 3.84. The molecule has 0 bridgehead atoms. The van der Waals surface area contributed by atoms with Crippen LogP contribution < -0.4 is 11.1 Å². The zero-order valence-corrected chi connectivity index (χ0v) is 12.3. The molecule has 1 heterocycles. The Hall–Kier alpha value is -2.23. The predicted molar refractivity (Wildman–Crippen MR) is 79.7 cm³/mol. The topological polar surface area (TPSA) is 68.3 Å². The van der Waals surface area contributed by atoms with Gasteiger partial charge in [-0.1, -0.05) is 6.07 Å². The average Bonchev–Trinajstić information content (AvgIpc) is 2.71. The Morgan fingerprint density at radius 2 is 1.95 bits per heavy atom. The molecule has 1 unspecified atom stereocenters. The van der Waals surface area contributed by atoms with Gasteiger partial charge in [0, 0.05) is 16.8 Å². The number of nitrogen functional groups attached to an aromatic ring is 1. The molecule has 0 saturated heterocycles. The molecule has 0 saturated carbocycles. The Balaban J connectivity index is 2.19. The van der Waals surface area contributed by atoms with Crippen LogP contribution in [0, 0.1) is 20.8 Å². The van der Waals surface area contributed by atoms with Gasteiger partial charge in [0.2, 0.25) is 0 Å². The monoisotopic (exact) mass is 272 g/mol. The molecule has 2 aromatic rings. The number of anilines is 1. The van der Waals surface area contributed by atoms with E-state index in [-0.39, 0.29) is 11.9 Å². The van der Waals surface area contributed by atoms with Crippen LogP contribution in [-0.4, -0.2) is 5.91 Å². The number of rotatable bonds is 3. The van der Waals surface area contributed by atoms with Crippen LogP contribution >= 0.6 is 0 Å². The first-order valence-corrected chi connectivity index (χ1v) is 6.62. The largest absolute Gasteiger partial charge is 0.466 e. The fourth-order valence-electron chi connectivity index (χ4n) is 2.32. The molecule has 0 spiro atoms. The third-order valence-electron chi connectivity index (χ3n) is 3.40. The van der Waals surface area contributed by atoms with Crippen molar-refractivity contribution in [1.82, 2.24) is 5.32 Å². The second kappa shape index (κ2) is 5.41. The highest BCUT2D eigenvalue weighted by atomic mass is 16.3. The van der Waals surface area contributed by atoms with E-state index in [2.05, 4.69) is 5.32 Å². The van der Waals surface area contributed by atoms with Crippen LogP contribution in [0.4, 0.5) is 5.69 Å². The third-order valence-corrected chi connectivity index (χ3v) is 3.40. The highest BCUT2D eigenvalue weighted by molar-refractivity contribution is 5.96. The number of furan rings is 1. The number of aryl methyl sites for hydroxylation is 3. The molecule has 0 aliphatic rings. The molecule has 20 heavy (non-hydrogen) atoms. The van der Waals surface area contributed by atoms with E-state index in [1.807, 2.05) is 39.8 Å². The summed E-state index contributed by atoms with van der Waals surface area (Å²) in [5.41, 5.74) is 8.84. The Morgan fingerprint density at radius 1 is 1.25 bits per heavy atom. The molecular weight excluding hydrogens is 252 g/mol. The molecule has 4 nitrogen and oxygen atoms in total. The number of amides is 1. The molecule has 2 rings (SSSR count). The quantitative estimate of drug-likeness (QED) is 0.842. The van der Waals surface area contributed by atoms with Crippen LogP contribution in [0.15, 0.2) is 28.7 Å². The summed E-state index contributed by atoms with van der Waals surface area (Å²) in [6.45, 7) is 7.63. The number of carbonyl (C=O) groups excluding carboxylic acids is 1. The summed E-state index contributed by atoms with van der Waals surface area (Å²) in [5, 5.41) is 2.98. The van der Waals surface area contributed by atoms with Gasteiger partial charge in [0.1, 0.15) is 11.5 Å². The van der Waals surface area contributed by atoms with Gasteiger partial charge in [-0.05, 0) is 51.5 Å². The highest BCUT2D eigenvalue weighted by Gasteiger charge is 2.17. The molecule has 0 radical (unpaired) electrons. The molecule has 106 valence electrons. The van der Waals surface area contributed by atoms with Gasteiger partial charge in [-0.3, -0.25) is 4.79 Å². The summed E-state index contributed by atoms with van der Waals surface area (Å²) in [5.74, 6) is 1.55. The van der Waals surface area contributed by atoms with Crippen molar-refractivity contribution in [2.75, 3.05) is 5.73 Å². The fraction of sp³-hybridized carbons (Fsp3) is 0.312. The van der Waals surface area contributed by atoms with Crippen molar-refractivity contribution >= 4 is 11.6 Å². The smallest absolute Gasteiger partial charge is 0.252 e. The van der Waals surface area contributed by atoms with Crippen molar-refractivity contribution in [2.24, 2.45) is 0 Å². The number of nitrogens with one attached hydrogen (secondary N) is 1. The van der Waals surface area contributed by atoms with Crippen molar-refractivity contribution in [3.05, 3.63) is 52.5 Å². The van der Waals surface area contributed by atoms with Gasteiger partial charge in [-0.2, -0.15) is 0 Å². The van der Waals surface area contributed by atoms with Gasteiger partial charge in [0.05, 0.1) is 6.04 Å². The van der Waals surface area contributed by atoms with Crippen molar-refractivity contribution in [1.29, 1.82) is 0 Å². The molecule has 3 N–H and O–H groups in total. The van der Waals surface area contributed by atoms with Crippen LogP contribution in [0.1, 0.15) is 46.0 Å². The Morgan fingerprint density at radius 3 is 2.55 bits per heavy atom. The standard InChI is InChI=1S/C16H20N2O2/c1-9-5-6-13(17)8-14(9)16(19)18-11(3)15-7-10(2)20-12(15)4/h5-8,11H,17H2,1-4H3,(H,18,19). The average molecular weight is 272 g/mol. The van der Waals surface area contributed by atoms with Crippen molar-refractivity contribution in [2.45, 2.75) is 33.7 Å². The van der Waals surface area contributed by atoms with Crippen LogP contribution in [0.3, 0.4) is 0 Å².